The smallest absolute Gasteiger partial charge is 0.307 e. The van der Waals surface area contributed by atoms with Gasteiger partial charge < -0.3 is 5.32 Å². The molecule has 0 aliphatic rings. The number of rotatable bonds is 5. The maximum absolute atomic E-state index is 12.4. The molecule has 2 aromatic heterocycles. The molecule has 11 heteroatoms. The molecule has 0 spiro atoms. The van der Waals surface area contributed by atoms with E-state index in [1.165, 1.54) is 16.7 Å². The van der Waals surface area contributed by atoms with E-state index in [1.807, 2.05) is 35.1 Å². The molecule has 2 heterocycles. The lowest BCUT2D eigenvalue weighted by molar-refractivity contribution is 0.256. The number of carbonyl (C=O) groups excluding carboxylic acids is 1. The fraction of sp³-hybridized carbons (Fsp3) is 0. The van der Waals surface area contributed by atoms with Crippen molar-refractivity contribution in [1.29, 1.82) is 0 Å². The first-order chi connectivity index (χ1) is 15.7. The Kier molecular flexibility index (Phi) is 6.57. The van der Waals surface area contributed by atoms with Gasteiger partial charge in [-0.3, -0.25) is 9.36 Å². The lowest BCUT2D eigenvalue weighted by Gasteiger charge is -2.11. The number of halogens is 2. The highest BCUT2D eigenvalue weighted by molar-refractivity contribution is 7.92. The Labute approximate surface area is 203 Å². The maximum Gasteiger partial charge on any atom is 0.333 e. The fourth-order valence-electron chi connectivity index (χ4n) is 2.98. The van der Waals surface area contributed by atoms with Crippen LogP contribution >= 0.6 is 34.5 Å². The zero-order valence-electron chi connectivity index (χ0n) is 16.7. The zero-order valence-corrected chi connectivity index (χ0v) is 19.8. The van der Waals surface area contributed by atoms with E-state index >= 15 is 0 Å². The molecule has 2 aromatic carbocycles. The second kappa shape index (κ2) is 9.40. The first kappa shape index (κ1) is 23.1. The second-order valence-electron chi connectivity index (χ2n) is 6.79. The number of aromatic nitrogens is 1. The van der Waals surface area contributed by atoms with Crippen LogP contribution in [0.3, 0.4) is 0 Å². The van der Waals surface area contributed by atoms with Gasteiger partial charge in [0, 0.05) is 23.6 Å². The Morgan fingerprint density at radius 2 is 1.61 bits per heavy atom. The van der Waals surface area contributed by atoms with Crippen LogP contribution in [0.5, 0.6) is 0 Å². The number of nitrogens with one attached hydrogen (secondary N) is 2. The Balaban J connectivity index is 1.50. The van der Waals surface area contributed by atoms with E-state index in [2.05, 4.69) is 5.32 Å². The van der Waals surface area contributed by atoms with Gasteiger partial charge in [-0.15, -0.1) is 11.3 Å². The molecule has 0 unspecified atom stereocenters. The van der Waals surface area contributed by atoms with Crippen molar-refractivity contribution in [3.8, 4) is 16.8 Å². The Morgan fingerprint density at radius 3 is 2.24 bits per heavy atom. The van der Waals surface area contributed by atoms with Crippen molar-refractivity contribution < 1.29 is 13.2 Å². The topological polar surface area (TPSA) is 97.3 Å². The highest BCUT2D eigenvalue weighted by Gasteiger charge is 2.22. The average molecular weight is 520 g/mol. The van der Waals surface area contributed by atoms with Crippen molar-refractivity contribution in [2.75, 3.05) is 5.32 Å². The van der Waals surface area contributed by atoms with Crippen molar-refractivity contribution in [3.05, 3.63) is 98.7 Å². The van der Waals surface area contributed by atoms with E-state index in [0.717, 1.165) is 22.5 Å². The van der Waals surface area contributed by atoms with Crippen LogP contribution in [-0.4, -0.2) is 19.0 Å². The molecule has 2 N–H and O–H groups in total. The van der Waals surface area contributed by atoms with Crippen LogP contribution in [-0.2, 0) is 10.0 Å². The fourth-order valence-corrected chi connectivity index (χ4v) is 5.77. The molecule has 0 bridgehead atoms. The van der Waals surface area contributed by atoms with Crippen LogP contribution in [0.1, 0.15) is 0 Å². The van der Waals surface area contributed by atoms with Gasteiger partial charge in [0.2, 0.25) is 0 Å². The van der Waals surface area contributed by atoms with Gasteiger partial charge in [0.25, 0.3) is 15.6 Å². The SMILES string of the molecule is O=C(Nc1ccc(-n2cc(-c3ccccc3)ccc2=O)cc1)NS(=O)(=O)c1cc(Cl)c(Cl)s1. The van der Waals surface area contributed by atoms with Crippen molar-refractivity contribution in [2.45, 2.75) is 4.21 Å². The van der Waals surface area contributed by atoms with Crippen LogP contribution in [0.2, 0.25) is 9.36 Å². The number of sulfonamides is 1. The molecule has 0 saturated heterocycles. The number of nitrogens with zero attached hydrogens (tertiary/aromatic N) is 1. The summed E-state index contributed by atoms with van der Waals surface area (Å²) >= 11 is 12.3. The minimum atomic E-state index is -4.13. The van der Waals surface area contributed by atoms with Crippen molar-refractivity contribution in [2.24, 2.45) is 0 Å². The molecule has 33 heavy (non-hydrogen) atoms. The molecule has 0 atom stereocenters. The number of anilines is 1. The Morgan fingerprint density at radius 1 is 0.909 bits per heavy atom. The molecule has 0 saturated carbocycles. The third-order valence-corrected chi connectivity index (χ3v) is 8.21. The van der Waals surface area contributed by atoms with Gasteiger partial charge in [-0.2, -0.15) is 0 Å². The third-order valence-electron chi connectivity index (χ3n) is 4.54. The van der Waals surface area contributed by atoms with E-state index < -0.39 is 16.1 Å². The average Bonchev–Trinajstić information content (AvgIpc) is 3.14. The summed E-state index contributed by atoms with van der Waals surface area (Å²) in [5.74, 6) is 0. The number of pyridine rings is 1. The summed E-state index contributed by atoms with van der Waals surface area (Å²) in [5, 5.41) is 2.53. The predicted octanol–water partition coefficient (Wildman–Crippen LogP) is 5.38. The lowest BCUT2D eigenvalue weighted by Crippen LogP contribution is -2.33. The highest BCUT2D eigenvalue weighted by Crippen LogP contribution is 2.34. The Bertz CT molecular complexity index is 1460. The van der Waals surface area contributed by atoms with Crippen molar-refractivity contribution >= 4 is 56.3 Å². The number of hydrogen-bond acceptors (Lipinski definition) is 5. The molecule has 0 radical (unpaired) electrons. The molecule has 0 aliphatic carbocycles. The molecule has 0 fully saturated rings. The summed E-state index contributed by atoms with van der Waals surface area (Å²) in [4.78, 5) is 24.6. The number of amides is 2. The third kappa shape index (κ3) is 5.28. The van der Waals surface area contributed by atoms with E-state index in [-0.39, 0.29) is 19.1 Å². The van der Waals surface area contributed by atoms with E-state index in [4.69, 9.17) is 23.2 Å². The van der Waals surface area contributed by atoms with Gasteiger partial charge >= 0.3 is 6.03 Å². The number of urea groups is 1. The molecular weight excluding hydrogens is 505 g/mol. The van der Waals surface area contributed by atoms with Gasteiger partial charge in [0.15, 0.2) is 0 Å². The van der Waals surface area contributed by atoms with Crippen LogP contribution in [0.25, 0.3) is 16.8 Å². The highest BCUT2D eigenvalue weighted by atomic mass is 35.5. The van der Waals surface area contributed by atoms with Crippen LogP contribution in [0.4, 0.5) is 10.5 Å². The number of benzene rings is 2. The van der Waals surface area contributed by atoms with Crippen molar-refractivity contribution in [1.82, 2.24) is 9.29 Å². The normalized spacial score (nSPS) is 11.2. The van der Waals surface area contributed by atoms with Crippen LogP contribution in [0.15, 0.2) is 88.0 Å². The summed E-state index contributed by atoms with van der Waals surface area (Å²) in [6, 6.07) is 19.5. The summed E-state index contributed by atoms with van der Waals surface area (Å²) in [5.41, 5.74) is 2.54. The summed E-state index contributed by atoms with van der Waals surface area (Å²) in [6.45, 7) is 0. The second-order valence-corrected chi connectivity index (χ2v) is 10.8. The number of carbonyl (C=O) groups is 1. The number of hydrogen-bond donors (Lipinski definition) is 2. The molecule has 0 aliphatic heterocycles. The lowest BCUT2D eigenvalue weighted by atomic mass is 10.1. The molecule has 4 rings (SSSR count). The van der Waals surface area contributed by atoms with Gasteiger partial charge in [-0.1, -0.05) is 53.5 Å². The first-order valence-corrected chi connectivity index (χ1v) is 12.5. The quantitative estimate of drug-likeness (QED) is 0.369. The largest absolute Gasteiger partial charge is 0.333 e. The van der Waals surface area contributed by atoms with Gasteiger partial charge in [0.1, 0.15) is 8.55 Å². The zero-order chi connectivity index (χ0) is 23.6. The molecule has 2 amide bonds. The van der Waals surface area contributed by atoms with Gasteiger partial charge in [0.05, 0.1) is 5.02 Å². The minimum Gasteiger partial charge on any atom is -0.307 e. The summed E-state index contributed by atoms with van der Waals surface area (Å²) < 4.78 is 27.9. The molecule has 168 valence electrons. The van der Waals surface area contributed by atoms with E-state index in [9.17, 15) is 18.0 Å². The molecule has 7 nitrogen and oxygen atoms in total. The number of thiophene rings is 1. The Hall–Kier alpha value is -3.11. The summed E-state index contributed by atoms with van der Waals surface area (Å²) in [6.07, 6.45) is 1.73. The minimum absolute atomic E-state index is 0.0876. The van der Waals surface area contributed by atoms with Gasteiger partial charge in [-0.05, 0) is 47.5 Å². The van der Waals surface area contributed by atoms with Crippen LogP contribution < -0.4 is 15.6 Å². The molecule has 4 aromatic rings. The monoisotopic (exact) mass is 519 g/mol. The van der Waals surface area contributed by atoms with E-state index in [0.29, 0.717) is 11.4 Å². The van der Waals surface area contributed by atoms with Gasteiger partial charge in [-0.25, -0.2) is 17.9 Å². The van der Waals surface area contributed by atoms with Crippen LogP contribution in [0, 0.1) is 0 Å². The molecular formula is C22H15Cl2N3O4S2. The van der Waals surface area contributed by atoms with E-state index in [1.54, 1.807) is 36.5 Å². The summed E-state index contributed by atoms with van der Waals surface area (Å²) in [7, 11) is -4.13. The maximum atomic E-state index is 12.4. The van der Waals surface area contributed by atoms with Crippen molar-refractivity contribution in [3.63, 3.8) is 0 Å². The standard InChI is InChI=1S/C22H15Cl2N3O4S2/c23-18-12-20(32-21(18)24)33(30,31)26-22(29)25-16-7-9-17(10-8-16)27-13-15(6-11-19(27)28)14-4-2-1-3-5-14/h1-13H,(H2,25,26,29). The predicted molar refractivity (Wildman–Crippen MR) is 131 cm³/mol. The first-order valence-electron chi connectivity index (χ1n) is 9.40.